The minimum absolute atomic E-state index is 0.775. The van der Waals surface area contributed by atoms with Crippen molar-refractivity contribution in [1.82, 2.24) is 4.90 Å². The zero-order chi connectivity index (χ0) is 12.8. The maximum Gasteiger partial charge on any atom is 0.168 e. The molecule has 19 heavy (non-hydrogen) atoms. The standard InChI is InChI=1S/C14H10N2OS2/c17-8-12-13(16-6-5-15-14(16)19-12)10-2-1-3-11-9(10)4-7-18-11/h1-4,7-8H,5-6H2. The maximum atomic E-state index is 11.3. The number of aldehydes is 1. The second kappa shape index (κ2) is 4.21. The summed E-state index contributed by atoms with van der Waals surface area (Å²) < 4.78 is 1.25. The Kier molecular flexibility index (Phi) is 2.50. The molecule has 1 aromatic carbocycles. The topological polar surface area (TPSA) is 32.7 Å². The Morgan fingerprint density at radius 3 is 3.16 bits per heavy atom. The highest BCUT2D eigenvalue weighted by atomic mass is 32.2. The zero-order valence-electron chi connectivity index (χ0n) is 10.00. The van der Waals surface area contributed by atoms with Crippen LogP contribution in [0.2, 0.25) is 0 Å². The summed E-state index contributed by atoms with van der Waals surface area (Å²) in [7, 11) is 0. The van der Waals surface area contributed by atoms with Gasteiger partial charge in [-0.05, 0) is 29.3 Å². The van der Waals surface area contributed by atoms with Crippen LogP contribution in [0.1, 0.15) is 5.56 Å². The summed E-state index contributed by atoms with van der Waals surface area (Å²) in [6.45, 7) is 1.69. The number of fused-ring (bicyclic) bond motifs is 2. The van der Waals surface area contributed by atoms with Crippen molar-refractivity contribution in [1.29, 1.82) is 0 Å². The van der Waals surface area contributed by atoms with Crippen molar-refractivity contribution in [2.24, 2.45) is 4.99 Å². The number of thioether (sulfide) groups is 1. The Hall–Kier alpha value is -1.59. The first-order valence-electron chi connectivity index (χ1n) is 6.04. The predicted octanol–water partition coefficient (Wildman–Crippen LogP) is 3.19. The molecular weight excluding hydrogens is 276 g/mol. The molecular formula is C14H10N2OS2. The Bertz CT molecular complexity index is 745. The van der Waals surface area contributed by atoms with Crippen LogP contribution in [0.3, 0.4) is 0 Å². The Labute approximate surface area is 118 Å². The Balaban J connectivity index is 1.97. The van der Waals surface area contributed by atoms with Gasteiger partial charge in [-0.3, -0.25) is 9.79 Å². The fourth-order valence-electron chi connectivity index (χ4n) is 2.56. The third-order valence-corrected chi connectivity index (χ3v) is 5.29. The highest BCUT2D eigenvalue weighted by Gasteiger charge is 2.33. The number of benzene rings is 1. The molecule has 0 fully saturated rings. The van der Waals surface area contributed by atoms with Crippen molar-refractivity contribution in [2.75, 3.05) is 13.1 Å². The molecule has 2 aromatic rings. The van der Waals surface area contributed by atoms with E-state index in [9.17, 15) is 4.79 Å². The monoisotopic (exact) mass is 286 g/mol. The van der Waals surface area contributed by atoms with Crippen molar-refractivity contribution in [2.45, 2.75) is 0 Å². The minimum Gasteiger partial charge on any atom is -0.317 e. The minimum atomic E-state index is 0.775. The summed E-state index contributed by atoms with van der Waals surface area (Å²) in [5.41, 5.74) is 2.17. The Morgan fingerprint density at radius 2 is 2.26 bits per heavy atom. The molecule has 0 saturated heterocycles. The second-order valence-corrected chi connectivity index (χ2v) is 6.34. The molecule has 2 aliphatic rings. The maximum absolute atomic E-state index is 11.3. The molecule has 4 rings (SSSR count). The summed E-state index contributed by atoms with van der Waals surface area (Å²) in [5.74, 6) is 0. The largest absolute Gasteiger partial charge is 0.317 e. The van der Waals surface area contributed by atoms with Gasteiger partial charge in [0.2, 0.25) is 0 Å². The van der Waals surface area contributed by atoms with E-state index in [1.807, 2.05) is 0 Å². The number of rotatable bonds is 2. The lowest BCUT2D eigenvalue weighted by molar-refractivity contribution is -0.104. The molecule has 5 heteroatoms. The lowest BCUT2D eigenvalue weighted by Gasteiger charge is -2.17. The number of allylic oxidation sites excluding steroid dienone is 1. The fourth-order valence-corrected chi connectivity index (χ4v) is 4.38. The molecule has 0 amide bonds. The molecule has 0 bridgehead atoms. The van der Waals surface area contributed by atoms with Crippen molar-refractivity contribution < 1.29 is 4.79 Å². The van der Waals surface area contributed by atoms with E-state index in [1.54, 1.807) is 11.3 Å². The van der Waals surface area contributed by atoms with Gasteiger partial charge < -0.3 is 4.90 Å². The number of hydrogen-bond donors (Lipinski definition) is 0. The molecule has 94 valence electrons. The van der Waals surface area contributed by atoms with Crippen LogP contribution in [0.25, 0.3) is 15.8 Å². The number of hydrogen-bond acceptors (Lipinski definition) is 5. The van der Waals surface area contributed by atoms with Crippen LogP contribution in [-0.4, -0.2) is 29.4 Å². The molecule has 1 aromatic heterocycles. The van der Waals surface area contributed by atoms with E-state index in [2.05, 4.69) is 39.5 Å². The highest BCUT2D eigenvalue weighted by Crippen LogP contribution is 2.42. The van der Waals surface area contributed by atoms with Gasteiger partial charge in [-0.15, -0.1) is 11.3 Å². The quantitative estimate of drug-likeness (QED) is 0.795. The smallest absolute Gasteiger partial charge is 0.168 e. The van der Waals surface area contributed by atoms with Gasteiger partial charge in [-0.1, -0.05) is 12.1 Å². The van der Waals surface area contributed by atoms with Gasteiger partial charge >= 0.3 is 0 Å². The SMILES string of the molecule is O=CC1=C(c2cccc3sccc23)N2CCN=C2S1. The second-order valence-electron chi connectivity index (χ2n) is 4.39. The number of thiophene rings is 1. The number of amidine groups is 1. The molecule has 0 aliphatic carbocycles. The fraction of sp³-hybridized carbons (Fsp3) is 0.143. The first kappa shape index (κ1) is 11.3. The molecule has 2 aliphatic heterocycles. The van der Waals surface area contributed by atoms with Gasteiger partial charge in [0.25, 0.3) is 0 Å². The van der Waals surface area contributed by atoms with E-state index in [4.69, 9.17) is 0 Å². The third kappa shape index (κ3) is 1.58. The van der Waals surface area contributed by atoms with Crippen molar-refractivity contribution in [3.63, 3.8) is 0 Å². The highest BCUT2D eigenvalue weighted by molar-refractivity contribution is 8.18. The van der Waals surface area contributed by atoms with Crippen LogP contribution in [-0.2, 0) is 4.79 Å². The lowest BCUT2D eigenvalue weighted by Crippen LogP contribution is -2.20. The van der Waals surface area contributed by atoms with E-state index in [1.165, 1.54) is 21.8 Å². The molecule has 0 N–H and O–H groups in total. The average molecular weight is 286 g/mol. The molecule has 0 unspecified atom stereocenters. The van der Waals surface area contributed by atoms with Crippen molar-refractivity contribution in [3.8, 4) is 0 Å². The third-order valence-electron chi connectivity index (χ3n) is 3.36. The number of carbonyl (C=O) groups is 1. The summed E-state index contributed by atoms with van der Waals surface area (Å²) in [6, 6.07) is 8.39. The van der Waals surface area contributed by atoms with Gasteiger partial charge in [-0.2, -0.15) is 0 Å². The van der Waals surface area contributed by atoms with Crippen molar-refractivity contribution >= 4 is 50.3 Å². The Morgan fingerprint density at radius 1 is 1.32 bits per heavy atom. The van der Waals surface area contributed by atoms with E-state index in [0.717, 1.165) is 40.7 Å². The normalized spacial score (nSPS) is 18.1. The summed E-state index contributed by atoms with van der Waals surface area (Å²) in [6.07, 6.45) is 0.950. The van der Waals surface area contributed by atoms with Crippen LogP contribution in [0, 0.1) is 0 Å². The summed E-state index contributed by atoms with van der Waals surface area (Å²) in [4.78, 5) is 18.7. The number of aliphatic imine (C=N–C) groups is 1. The molecule has 0 spiro atoms. The van der Waals surface area contributed by atoms with Crippen LogP contribution in [0.5, 0.6) is 0 Å². The summed E-state index contributed by atoms with van der Waals surface area (Å²) in [5, 5.41) is 4.27. The lowest BCUT2D eigenvalue weighted by atomic mass is 10.1. The van der Waals surface area contributed by atoms with E-state index < -0.39 is 0 Å². The number of nitrogens with zero attached hydrogens (tertiary/aromatic N) is 2. The number of carbonyl (C=O) groups excluding carboxylic acids is 1. The molecule has 0 saturated carbocycles. The van der Waals surface area contributed by atoms with Crippen LogP contribution < -0.4 is 0 Å². The van der Waals surface area contributed by atoms with Crippen LogP contribution >= 0.6 is 23.1 Å². The van der Waals surface area contributed by atoms with Gasteiger partial charge in [0, 0.05) is 22.2 Å². The van der Waals surface area contributed by atoms with Crippen LogP contribution in [0.4, 0.5) is 0 Å². The molecule has 0 atom stereocenters. The average Bonchev–Trinajstić information content (AvgIpc) is 3.12. The molecule has 3 heterocycles. The van der Waals surface area contributed by atoms with Gasteiger partial charge in [-0.25, -0.2) is 0 Å². The van der Waals surface area contributed by atoms with Gasteiger partial charge in [0.1, 0.15) is 0 Å². The van der Waals surface area contributed by atoms with Crippen LogP contribution in [0.15, 0.2) is 39.5 Å². The molecule has 3 nitrogen and oxygen atoms in total. The van der Waals surface area contributed by atoms with Crippen molar-refractivity contribution in [3.05, 3.63) is 40.1 Å². The zero-order valence-corrected chi connectivity index (χ0v) is 11.6. The predicted molar refractivity (Wildman–Crippen MR) is 81.4 cm³/mol. The van der Waals surface area contributed by atoms with E-state index >= 15 is 0 Å². The summed E-state index contributed by atoms with van der Waals surface area (Å²) >= 11 is 3.21. The van der Waals surface area contributed by atoms with Gasteiger partial charge in [0.05, 0.1) is 17.1 Å². The van der Waals surface area contributed by atoms with Gasteiger partial charge in [0.15, 0.2) is 11.5 Å². The van der Waals surface area contributed by atoms with E-state index in [-0.39, 0.29) is 0 Å². The van der Waals surface area contributed by atoms with E-state index in [0.29, 0.717) is 0 Å². The first-order chi connectivity index (χ1) is 9.38. The molecule has 0 radical (unpaired) electrons. The first-order valence-corrected chi connectivity index (χ1v) is 7.74.